The smallest absolute Gasteiger partial charge is 0.0192 e. The van der Waals surface area contributed by atoms with E-state index in [1.165, 1.54) is 32.1 Å². The first kappa shape index (κ1) is 13.4. The maximum absolute atomic E-state index is 2.47. The maximum atomic E-state index is 2.47. The summed E-state index contributed by atoms with van der Waals surface area (Å²) < 4.78 is 0. The van der Waals surface area contributed by atoms with E-state index < -0.39 is 0 Å². The lowest BCUT2D eigenvalue weighted by Gasteiger charge is -2.40. The molecule has 0 aromatic heterocycles. The molecule has 0 saturated heterocycles. The lowest BCUT2D eigenvalue weighted by atomic mass is 9.65. The maximum Gasteiger partial charge on any atom is -0.0192 e. The lowest BCUT2D eigenvalue weighted by Crippen LogP contribution is -2.30. The van der Waals surface area contributed by atoms with Gasteiger partial charge in [-0.05, 0) is 86.4 Å². The van der Waals surface area contributed by atoms with E-state index in [1.54, 1.807) is 25.7 Å². The van der Waals surface area contributed by atoms with Gasteiger partial charge in [0.25, 0.3) is 0 Å². The molecule has 0 aliphatic heterocycles. The van der Waals surface area contributed by atoms with Gasteiger partial charge in [0, 0.05) is 0 Å². The van der Waals surface area contributed by atoms with E-state index in [2.05, 4.69) is 20.8 Å². The SMILES string of the molecule is CCC1(CC(C)C)CC2CC1CC2=C1CC2CCC1C2. The molecule has 4 saturated carbocycles. The molecule has 0 heteroatoms. The topological polar surface area (TPSA) is 0 Å². The van der Waals surface area contributed by atoms with Crippen molar-refractivity contribution in [2.75, 3.05) is 0 Å². The van der Waals surface area contributed by atoms with Gasteiger partial charge in [0.05, 0.1) is 0 Å². The van der Waals surface area contributed by atoms with Crippen LogP contribution in [0.4, 0.5) is 0 Å². The Hall–Kier alpha value is -0.260. The molecule has 20 heavy (non-hydrogen) atoms. The van der Waals surface area contributed by atoms with Crippen LogP contribution >= 0.6 is 0 Å². The summed E-state index contributed by atoms with van der Waals surface area (Å²) in [6, 6.07) is 0. The fraction of sp³-hybridized carbons (Fsp3) is 0.900. The van der Waals surface area contributed by atoms with Crippen molar-refractivity contribution < 1.29 is 0 Å². The van der Waals surface area contributed by atoms with Gasteiger partial charge < -0.3 is 0 Å². The van der Waals surface area contributed by atoms with Crippen molar-refractivity contribution in [1.82, 2.24) is 0 Å². The van der Waals surface area contributed by atoms with Crippen molar-refractivity contribution in [3.63, 3.8) is 0 Å². The Labute approximate surface area is 125 Å². The second kappa shape index (κ2) is 4.62. The zero-order valence-electron chi connectivity index (χ0n) is 13.8. The Morgan fingerprint density at radius 3 is 2.35 bits per heavy atom. The van der Waals surface area contributed by atoms with Crippen LogP contribution in [0.15, 0.2) is 11.1 Å². The van der Waals surface area contributed by atoms with Gasteiger partial charge in [-0.15, -0.1) is 0 Å². The molecule has 112 valence electrons. The highest BCUT2D eigenvalue weighted by molar-refractivity contribution is 5.32. The first-order chi connectivity index (χ1) is 9.61. The van der Waals surface area contributed by atoms with E-state index in [-0.39, 0.29) is 0 Å². The minimum atomic E-state index is 0.723. The van der Waals surface area contributed by atoms with Crippen molar-refractivity contribution in [3.8, 4) is 0 Å². The van der Waals surface area contributed by atoms with E-state index in [1.807, 2.05) is 11.1 Å². The highest BCUT2D eigenvalue weighted by Gasteiger charge is 2.53. The predicted molar refractivity (Wildman–Crippen MR) is 85.5 cm³/mol. The predicted octanol–water partition coefficient (Wildman–Crippen LogP) is 5.98. The molecule has 0 N–H and O–H groups in total. The molecule has 0 heterocycles. The third-order valence-electron chi connectivity index (χ3n) is 7.52. The van der Waals surface area contributed by atoms with Crippen molar-refractivity contribution >= 4 is 0 Å². The van der Waals surface area contributed by atoms with E-state index in [0.717, 1.165) is 35.0 Å². The zero-order chi connectivity index (χ0) is 13.9. The van der Waals surface area contributed by atoms with Crippen LogP contribution in [0.5, 0.6) is 0 Å². The zero-order valence-corrected chi connectivity index (χ0v) is 13.8. The second-order valence-corrected chi connectivity index (χ2v) is 8.98. The van der Waals surface area contributed by atoms with Gasteiger partial charge in [-0.1, -0.05) is 38.3 Å². The average Bonchev–Trinajstić information content (AvgIpc) is 3.16. The fourth-order valence-electron chi connectivity index (χ4n) is 6.81. The van der Waals surface area contributed by atoms with E-state index in [0.29, 0.717) is 0 Å². The summed E-state index contributed by atoms with van der Waals surface area (Å²) in [4.78, 5) is 0. The molecule has 0 radical (unpaired) electrons. The van der Waals surface area contributed by atoms with Crippen LogP contribution in [-0.2, 0) is 0 Å². The number of hydrogen-bond acceptors (Lipinski definition) is 0. The summed E-state index contributed by atoms with van der Waals surface area (Å²) in [6.07, 6.45) is 13.7. The van der Waals surface area contributed by atoms with Gasteiger partial charge in [0.2, 0.25) is 0 Å². The Kier molecular flexibility index (Phi) is 3.09. The summed E-state index contributed by atoms with van der Waals surface area (Å²) in [5.74, 6) is 5.06. The summed E-state index contributed by atoms with van der Waals surface area (Å²) in [5, 5.41) is 0. The molecule has 5 atom stereocenters. The third-order valence-corrected chi connectivity index (χ3v) is 7.52. The quantitative estimate of drug-likeness (QED) is 0.555. The number of fused-ring (bicyclic) bond motifs is 4. The van der Waals surface area contributed by atoms with Crippen LogP contribution in [0, 0.1) is 35.0 Å². The molecule has 5 unspecified atom stereocenters. The highest BCUT2D eigenvalue weighted by Crippen LogP contribution is 2.64. The Morgan fingerprint density at radius 1 is 1.05 bits per heavy atom. The molecule has 4 aliphatic carbocycles. The monoisotopic (exact) mass is 272 g/mol. The van der Waals surface area contributed by atoms with Gasteiger partial charge >= 0.3 is 0 Å². The Balaban J connectivity index is 1.56. The molecule has 4 aliphatic rings. The molecule has 4 bridgehead atoms. The molecular weight excluding hydrogens is 240 g/mol. The summed E-state index contributed by atoms with van der Waals surface area (Å²) >= 11 is 0. The lowest BCUT2D eigenvalue weighted by molar-refractivity contribution is 0.135. The van der Waals surface area contributed by atoms with E-state index >= 15 is 0 Å². The van der Waals surface area contributed by atoms with Crippen molar-refractivity contribution in [3.05, 3.63) is 11.1 Å². The summed E-state index contributed by atoms with van der Waals surface area (Å²) in [7, 11) is 0. The van der Waals surface area contributed by atoms with Crippen LogP contribution < -0.4 is 0 Å². The van der Waals surface area contributed by atoms with Gasteiger partial charge in [0.1, 0.15) is 0 Å². The van der Waals surface area contributed by atoms with E-state index in [4.69, 9.17) is 0 Å². The fourth-order valence-corrected chi connectivity index (χ4v) is 6.81. The molecule has 0 aromatic rings. The van der Waals surface area contributed by atoms with Crippen LogP contribution in [0.1, 0.15) is 78.6 Å². The molecule has 0 amide bonds. The third kappa shape index (κ3) is 1.86. The number of rotatable bonds is 3. The molecule has 0 spiro atoms. The summed E-state index contributed by atoms with van der Waals surface area (Å²) in [5.41, 5.74) is 4.71. The number of allylic oxidation sites excluding steroid dienone is 2. The molecule has 0 nitrogen and oxygen atoms in total. The van der Waals surface area contributed by atoms with Crippen molar-refractivity contribution in [2.24, 2.45) is 35.0 Å². The van der Waals surface area contributed by atoms with Crippen molar-refractivity contribution in [1.29, 1.82) is 0 Å². The first-order valence-corrected chi connectivity index (χ1v) is 9.33. The molecule has 4 fully saturated rings. The Morgan fingerprint density at radius 2 is 1.85 bits per heavy atom. The minimum Gasteiger partial charge on any atom is -0.0673 e. The van der Waals surface area contributed by atoms with E-state index in [9.17, 15) is 0 Å². The van der Waals surface area contributed by atoms with Crippen LogP contribution in [0.2, 0.25) is 0 Å². The van der Waals surface area contributed by atoms with Crippen LogP contribution in [0.25, 0.3) is 0 Å². The normalized spacial score (nSPS) is 49.8. The van der Waals surface area contributed by atoms with Gasteiger partial charge in [-0.3, -0.25) is 0 Å². The van der Waals surface area contributed by atoms with Crippen LogP contribution in [-0.4, -0.2) is 0 Å². The van der Waals surface area contributed by atoms with Crippen molar-refractivity contribution in [2.45, 2.75) is 78.6 Å². The highest BCUT2D eigenvalue weighted by atomic mass is 14.6. The van der Waals surface area contributed by atoms with Gasteiger partial charge in [-0.2, -0.15) is 0 Å². The Bertz CT molecular complexity index is 429. The number of hydrogen-bond donors (Lipinski definition) is 0. The summed E-state index contributed by atoms with van der Waals surface area (Å²) in [6.45, 7) is 7.32. The minimum absolute atomic E-state index is 0.723. The molecular formula is C20H32. The average molecular weight is 272 g/mol. The standard InChI is InChI=1S/C20H32/c1-4-20(11-13(2)3)12-16-9-17(20)10-19(16)18-8-14-5-6-15(18)7-14/h13-17H,4-12H2,1-3H3. The largest absolute Gasteiger partial charge is 0.0673 e. The first-order valence-electron chi connectivity index (χ1n) is 9.33. The molecule has 0 aromatic carbocycles. The second-order valence-electron chi connectivity index (χ2n) is 8.98. The van der Waals surface area contributed by atoms with Gasteiger partial charge in [0.15, 0.2) is 0 Å². The molecule has 4 rings (SSSR count). The van der Waals surface area contributed by atoms with Crippen LogP contribution in [0.3, 0.4) is 0 Å². The van der Waals surface area contributed by atoms with Gasteiger partial charge in [-0.25, -0.2) is 0 Å².